The van der Waals surface area contributed by atoms with E-state index in [-0.39, 0.29) is 17.5 Å². The van der Waals surface area contributed by atoms with E-state index in [1.807, 2.05) is 19.9 Å². The number of carbonyl (C=O) groups excluding carboxylic acids is 1. The van der Waals surface area contributed by atoms with E-state index < -0.39 is 13.3 Å². The number of fused-ring (bicyclic) bond motifs is 1. The van der Waals surface area contributed by atoms with Gasteiger partial charge in [0.05, 0.1) is 11.8 Å². The summed E-state index contributed by atoms with van der Waals surface area (Å²) >= 11 is 6.24. The van der Waals surface area contributed by atoms with Crippen LogP contribution in [-0.2, 0) is 15.6 Å². The van der Waals surface area contributed by atoms with Crippen molar-refractivity contribution >= 4 is 46.4 Å². The molecule has 0 fully saturated rings. The van der Waals surface area contributed by atoms with Gasteiger partial charge < -0.3 is 20.0 Å². The monoisotopic (exact) mass is 484 g/mol. The molecule has 170 valence electrons. The van der Waals surface area contributed by atoms with Gasteiger partial charge in [-0.25, -0.2) is 4.73 Å². The normalized spacial score (nSPS) is 13.1. The molecule has 0 aliphatic carbocycles. The van der Waals surface area contributed by atoms with E-state index in [4.69, 9.17) is 16.1 Å². The molecule has 4 rings (SSSR count). The summed E-state index contributed by atoms with van der Waals surface area (Å²) in [5, 5.41) is 16.3. The second-order valence-electron chi connectivity index (χ2n) is 7.70. The summed E-state index contributed by atoms with van der Waals surface area (Å²) < 4.78 is 20.6. The number of aromatic nitrogens is 3. The predicted octanol–water partition coefficient (Wildman–Crippen LogP) is 3.27. The quantitative estimate of drug-likeness (QED) is 0.248. The first kappa shape index (κ1) is 23.0. The molecule has 0 saturated heterocycles. The zero-order chi connectivity index (χ0) is 23.8. The first-order chi connectivity index (χ1) is 15.7. The van der Waals surface area contributed by atoms with Crippen molar-refractivity contribution in [3.8, 4) is 0 Å². The molecule has 0 saturated carbocycles. The van der Waals surface area contributed by atoms with Crippen molar-refractivity contribution < 1.29 is 18.6 Å². The Bertz CT molecular complexity index is 1400. The largest absolute Gasteiger partial charge is 0.711 e. The zero-order valence-electron chi connectivity index (χ0n) is 18.3. The van der Waals surface area contributed by atoms with Crippen LogP contribution in [0, 0.1) is 19.1 Å². The molecule has 4 aromatic rings. The van der Waals surface area contributed by atoms with Crippen molar-refractivity contribution in [1.82, 2.24) is 15.3 Å². The fourth-order valence-corrected chi connectivity index (χ4v) is 6.36. The van der Waals surface area contributed by atoms with Gasteiger partial charge in [0.15, 0.2) is 0 Å². The number of hydrogen-bond donors (Lipinski definition) is 2. The highest BCUT2D eigenvalue weighted by atomic mass is 35.5. The van der Waals surface area contributed by atoms with Crippen LogP contribution in [0.3, 0.4) is 0 Å². The summed E-state index contributed by atoms with van der Waals surface area (Å²) in [5.74, 6) is -0.532. The smallest absolute Gasteiger partial charge is 0.289 e. The lowest BCUT2D eigenvalue weighted by atomic mass is 10.2. The van der Waals surface area contributed by atoms with E-state index in [1.54, 1.807) is 30.3 Å². The van der Waals surface area contributed by atoms with Crippen LogP contribution in [0.2, 0.25) is 5.02 Å². The topological polar surface area (TPSA) is 111 Å². The Morgan fingerprint density at radius 1 is 1.21 bits per heavy atom. The first-order valence-corrected chi connectivity index (χ1v) is 12.1. The van der Waals surface area contributed by atoms with Crippen molar-refractivity contribution in [3.05, 3.63) is 87.7 Å². The second kappa shape index (κ2) is 8.98. The Balaban J connectivity index is 1.86. The summed E-state index contributed by atoms with van der Waals surface area (Å²) in [7, 11) is -2.34. The van der Waals surface area contributed by atoms with Crippen molar-refractivity contribution in [2.45, 2.75) is 20.4 Å². The van der Waals surface area contributed by atoms with Crippen molar-refractivity contribution in [2.24, 2.45) is 0 Å². The van der Waals surface area contributed by atoms with Crippen molar-refractivity contribution in [2.75, 3.05) is 7.11 Å². The molecule has 2 aromatic heterocycles. The third-order valence-corrected chi connectivity index (χ3v) is 8.04. The highest BCUT2D eigenvalue weighted by Gasteiger charge is 2.36. The molecule has 2 N–H and O–H groups in total. The standard InChI is InChI=1S/C23H22ClN4O4P/c1-14-8-15(2)10-18(9-14)33(31,32-3)22-19-11-16(24)4-5-20(19)27-21(22)23(29)26-12-17-6-7-25-13-28(17)30/h4-11,13,27H,12H2,1-3H3,(H,26,29). The molecule has 0 bridgehead atoms. The molecule has 1 unspecified atom stereocenters. The van der Waals surface area contributed by atoms with Gasteiger partial charge in [0.1, 0.15) is 17.6 Å². The number of aromatic amines is 1. The number of H-pyrrole nitrogens is 1. The fraction of sp³-hybridized carbons (Fsp3) is 0.174. The average Bonchev–Trinajstić information content (AvgIpc) is 3.16. The van der Waals surface area contributed by atoms with Gasteiger partial charge in [-0.2, -0.15) is 0 Å². The number of carbonyl (C=O) groups is 1. The van der Waals surface area contributed by atoms with Crippen LogP contribution in [0.1, 0.15) is 27.3 Å². The lowest BCUT2D eigenvalue weighted by Gasteiger charge is -2.19. The Kier molecular flexibility index (Phi) is 6.26. The maximum Gasteiger partial charge on any atom is 0.289 e. The molecule has 2 aromatic carbocycles. The minimum atomic E-state index is -3.70. The SMILES string of the molecule is COP(=O)(c1cc(C)cc(C)c1)c1c(C(=O)NCc2ccnc[n+]2[O-])[nH]c2ccc(Cl)cc12. The van der Waals surface area contributed by atoms with E-state index in [9.17, 15) is 14.6 Å². The molecule has 2 heterocycles. The number of amides is 1. The van der Waals surface area contributed by atoms with Gasteiger partial charge in [-0.1, -0.05) is 33.8 Å². The molecule has 1 amide bonds. The fourth-order valence-electron chi connectivity index (χ4n) is 3.84. The van der Waals surface area contributed by atoms with Gasteiger partial charge in [0, 0.05) is 34.4 Å². The predicted molar refractivity (Wildman–Crippen MR) is 127 cm³/mol. The number of halogens is 1. The Morgan fingerprint density at radius 3 is 2.61 bits per heavy atom. The molecule has 8 nitrogen and oxygen atoms in total. The molecule has 33 heavy (non-hydrogen) atoms. The highest BCUT2D eigenvalue weighted by Crippen LogP contribution is 2.47. The minimum absolute atomic E-state index is 0.0404. The van der Waals surface area contributed by atoms with Crippen LogP contribution in [0.25, 0.3) is 10.9 Å². The maximum absolute atomic E-state index is 14.4. The molecule has 0 aliphatic heterocycles. The summed E-state index contributed by atoms with van der Waals surface area (Å²) in [6.07, 6.45) is 2.57. The second-order valence-corrected chi connectivity index (χ2v) is 10.6. The first-order valence-electron chi connectivity index (χ1n) is 10.1. The van der Waals surface area contributed by atoms with E-state index in [2.05, 4.69) is 15.3 Å². The van der Waals surface area contributed by atoms with Gasteiger partial charge in [-0.05, 0) is 44.2 Å². The number of benzene rings is 2. The Labute approximate surface area is 195 Å². The van der Waals surface area contributed by atoms with Crippen LogP contribution >= 0.6 is 19.0 Å². The number of nitrogens with one attached hydrogen (secondary N) is 2. The molecule has 0 radical (unpaired) electrons. The van der Waals surface area contributed by atoms with Gasteiger partial charge in [0.25, 0.3) is 19.6 Å². The van der Waals surface area contributed by atoms with Crippen LogP contribution in [0.4, 0.5) is 0 Å². The number of nitrogens with zero attached hydrogens (tertiary/aromatic N) is 2. The van der Waals surface area contributed by atoms with Crippen molar-refractivity contribution in [1.29, 1.82) is 0 Å². The lowest BCUT2D eigenvalue weighted by molar-refractivity contribution is -0.617. The number of aryl methyl sites for hydroxylation is 2. The van der Waals surface area contributed by atoms with E-state index >= 15 is 0 Å². The van der Waals surface area contributed by atoms with E-state index in [1.165, 1.54) is 19.4 Å². The van der Waals surface area contributed by atoms with Gasteiger partial charge in [-0.3, -0.25) is 9.36 Å². The van der Waals surface area contributed by atoms with Gasteiger partial charge in [0.2, 0.25) is 0 Å². The Hall–Kier alpha value is -3.19. The number of hydrogen-bond acceptors (Lipinski definition) is 5. The Morgan fingerprint density at radius 2 is 1.94 bits per heavy atom. The summed E-state index contributed by atoms with van der Waals surface area (Å²) in [6, 6.07) is 12.1. The average molecular weight is 485 g/mol. The van der Waals surface area contributed by atoms with Crippen LogP contribution in [0.15, 0.2) is 55.0 Å². The molecule has 0 aliphatic rings. The highest BCUT2D eigenvalue weighted by molar-refractivity contribution is 7.75. The van der Waals surface area contributed by atoms with Crippen LogP contribution in [-0.4, -0.2) is 23.0 Å². The molecule has 0 spiro atoms. The summed E-state index contributed by atoms with van der Waals surface area (Å²) in [5.41, 5.74) is 2.82. The molecule has 10 heteroatoms. The van der Waals surface area contributed by atoms with E-state index in [0.717, 1.165) is 17.5 Å². The third-order valence-electron chi connectivity index (χ3n) is 5.30. The molecule has 1 atom stereocenters. The van der Waals surface area contributed by atoms with Crippen LogP contribution < -0.4 is 20.7 Å². The zero-order valence-corrected chi connectivity index (χ0v) is 19.9. The van der Waals surface area contributed by atoms with Gasteiger partial charge in [-0.15, -0.1) is 0 Å². The molecular weight excluding hydrogens is 463 g/mol. The number of rotatable bonds is 6. The van der Waals surface area contributed by atoms with Crippen molar-refractivity contribution in [3.63, 3.8) is 0 Å². The summed E-state index contributed by atoms with van der Waals surface area (Å²) in [6.45, 7) is 3.77. The van der Waals surface area contributed by atoms with Gasteiger partial charge >= 0.3 is 0 Å². The summed E-state index contributed by atoms with van der Waals surface area (Å²) in [4.78, 5) is 20.1. The maximum atomic E-state index is 14.4. The third kappa shape index (κ3) is 4.37. The lowest BCUT2D eigenvalue weighted by Crippen LogP contribution is -2.37. The molecular formula is C23H22ClN4O4P. The minimum Gasteiger partial charge on any atom is -0.711 e. The van der Waals surface area contributed by atoms with E-state index in [0.29, 0.717) is 31.7 Å². The van der Waals surface area contributed by atoms with Crippen LogP contribution in [0.5, 0.6) is 0 Å².